The zero-order valence-electron chi connectivity index (χ0n) is 13.6. The molecule has 0 aromatic carbocycles. The average molecular weight is 372 g/mol. The molecule has 24 heavy (non-hydrogen) atoms. The Balaban J connectivity index is 2.77. The van der Waals surface area contributed by atoms with E-state index in [1.807, 2.05) is 0 Å². The van der Waals surface area contributed by atoms with Crippen LogP contribution in [0.3, 0.4) is 0 Å². The fourth-order valence-electron chi connectivity index (χ4n) is 2.04. The Morgan fingerprint density at radius 2 is 1.83 bits per heavy atom. The topological polar surface area (TPSA) is 113 Å². The predicted molar refractivity (Wildman–Crippen MR) is 76.2 cm³/mol. The van der Waals surface area contributed by atoms with Gasteiger partial charge in [-0.25, -0.2) is 18.0 Å². The van der Waals surface area contributed by atoms with E-state index in [1.165, 1.54) is 0 Å². The molecule has 0 spiro atoms. The van der Waals surface area contributed by atoms with Gasteiger partial charge in [0.1, 0.15) is 11.6 Å². The van der Waals surface area contributed by atoms with Crippen molar-refractivity contribution in [1.29, 1.82) is 0 Å². The molecule has 1 aliphatic heterocycles. The minimum Gasteiger partial charge on any atom is -0.743 e. The fraction of sp³-hybridized carbons (Fsp3) is 0.846. The number of hydrogen-bond donors (Lipinski definition) is 0. The molecule has 0 radical (unpaired) electrons. The number of carbonyl (C=O) groups excluding carboxylic acids is 2. The number of alkyl halides is 2. The first kappa shape index (κ1) is 20.6. The highest BCUT2D eigenvalue weighted by molar-refractivity contribution is 7.86. The lowest BCUT2D eigenvalue weighted by Crippen LogP contribution is -2.51. The van der Waals surface area contributed by atoms with Gasteiger partial charge in [0.15, 0.2) is 16.7 Å². The van der Waals surface area contributed by atoms with Gasteiger partial charge in [-0.05, 0) is 40.0 Å². The molecule has 0 aromatic heterocycles. The molecule has 0 N–H and O–H groups in total. The zero-order valence-corrected chi connectivity index (χ0v) is 14.4. The van der Waals surface area contributed by atoms with Gasteiger partial charge in [0, 0.05) is 6.54 Å². The van der Waals surface area contributed by atoms with Crippen LogP contribution < -0.4 is 0 Å². The number of rotatable bonds is 4. The normalized spacial score (nSPS) is 19.8. The molecule has 1 saturated heterocycles. The van der Waals surface area contributed by atoms with Gasteiger partial charge in [0.25, 0.3) is 0 Å². The van der Waals surface area contributed by atoms with Crippen LogP contribution in [0, 0.1) is 0 Å². The number of likely N-dealkylation sites (tertiary alicyclic amines) is 1. The highest BCUT2D eigenvalue weighted by atomic mass is 32.2. The summed E-state index contributed by atoms with van der Waals surface area (Å²) < 4.78 is 66.7. The Labute approximate surface area is 138 Å². The lowest BCUT2D eigenvalue weighted by molar-refractivity contribution is -0.157. The Bertz CT molecular complexity index is 586. The molecule has 1 unspecified atom stereocenters. The van der Waals surface area contributed by atoms with Crippen LogP contribution in [0.4, 0.5) is 13.6 Å². The summed E-state index contributed by atoms with van der Waals surface area (Å²) in [4.78, 5) is 25.1. The van der Waals surface area contributed by atoms with Crippen molar-refractivity contribution in [2.45, 2.75) is 56.9 Å². The third-order valence-corrected chi connectivity index (χ3v) is 4.00. The Kier molecular flexibility index (Phi) is 6.15. The second-order valence-corrected chi connectivity index (χ2v) is 7.89. The fourth-order valence-corrected chi connectivity index (χ4v) is 2.24. The van der Waals surface area contributed by atoms with E-state index in [9.17, 15) is 31.3 Å². The minimum atomic E-state index is -5.95. The zero-order chi connectivity index (χ0) is 18.8. The molecule has 11 heteroatoms. The molecule has 0 saturated carbocycles. The number of ether oxygens (including phenoxy) is 2. The van der Waals surface area contributed by atoms with Gasteiger partial charge in [-0.3, -0.25) is 4.90 Å². The van der Waals surface area contributed by atoms with Gasteiger partial charge in [0.2, 0.25) is 0 Å². The van der Waals surface area contributed by atoms with Crippen LogP contribution in [0.5, 0.6) is 0 Å². The van der Waals surface area contributed by atoms with Crippen LogP contribution in [-0.2, 0) is 24.4 Å². The summed E-state index contributed by atoms with van der Waals surface area (Å²) >= 11 is 0. The summed E-state index contributed by atoms with van der Waals surface area (Å²) in [6.45, 7) is 3.16. The van der Waals surface area contributed by atoms with Crippen molar-refractivity contribution in [1.82, 2.24) is 4.90 Å². The van der Waals surface area contributed by atoms with Gasteiger partial charge < -0.3 is 14.0 Å². The standard InChI is InChI=1S/C13H21F2NO7S/c1-12(2,3)23-11(18)16-7-5-4-6-9(16)10(17)22-8-13(14,15)24(19,20)21/h9H,4-8H2,1-3H3,(H,19,20,21)/p-1. The number of amides is 1. The van der Waals surface area contributed by atoms with Crippen molar-refractivity contribution in [2.24, 2.45) is 0 Å². The van der Waals surface area contributed by atoms with Crippen molar-refractivity contribution >= 4 is 22.2 Å². The van der Waals surface area contributed by atoms with Crippen molar-refractivity contribution in [3.05, 3.63) is 0 Å². The third-order valence-electron chi connectivity index (χ3n) is 3.15. The first-order valence-electron chi connectivity index (χ1n) is 7.24. The van der Waals surface area contributed by atoms with E-state index in [-0.39, 0.29) is 13.0 Å². The molecule has 140 valence electrons. The quantitative estimate of drug-likeness (QED) is 0.542. The number of carbonyl (C=O) groups is 2. The summed E-state index contributed by atoms with van der Waals surface area (Å²) in [5.41, 5.74) is -0.813. The van der Waals surface area contributed by atoms with E-state index in [1.54, 1.807) is 20.8 Å². The maximum absolute atomic E-state index is 13.1. The predicted octanol–water partition coefficient (Wildman–Crippen LogP) is 1.46. The molecule has 8 nitrogen and oxygen atoms in total. The molecule has 0 bridgehead atoms. The van der Waals surface area contributed by atoms with Crippen molar-refractivity contribution in [3.8, 4) is 0 Å². The van der Waals surface area contributed by atoms with Crippen LogP contribution in [0.2, 0.25) is 0 Å². The number of esters is 1. The van der Waals surface area contributed by atoms with Crippen LogP contribution in [0.25, 0.3) is 0 Å². The van der Waals surface area contributed by atoms with Gasteiger partial charge >= 0.3 is 17.3 Å². The largest absolute Gasteiger partial charge is 0.743 e. The SMILES string of the molecule is CC(C)(C)OC(=O)N1CCCCC1C(=O)OCC(F)(F)S(=O)(=O)[O-]. The lowest BCUT2D eigenvalue weighted by Gasteiger charge is -2.35. The molecular formula is C13H20F2NO7S-. The van der Waals surface area contributed by atoms with Crippen molar-refractivity contribution in [3.63, 3.8) is 0 Å². The van der Waals surface area contributed by atoms with E-state index < -0.39 is 45.7 Å². The van der Waals surface area contributed by atoms with Crippen LogP contribution in [-0.4, -0.2) is 60.0 Å². The smallest absolute Gasteiger partial charge is 0.411 e. The average Bonchev–Trinajstić information content (AvgIpc) is 2.41. The summed E-state index contributed by atoms with van der Waals surface area (Å²) in [6, 6.07) is -1.17. The van der Waals surface area contributed by atoms with Gasteiger partial charge in [0.05, 0.1) is 0 Å². The molecule has 1 aliphatic rings. The van der Waals surface area contributed by atoms with Crippen molar-refractivity contribution < 1.29 is 40.8 Å². The first-order valence-corrected chi connectivity index (χ1v) is 8.65. The van der Waals surface area contributed by atoms with Crippen LogP contribution >= 0.6 is 0 Å². The highest BCUT2D eigenvalue weighted by Crippen LogP contribution is 2.24. The summed E-state index contributed by atoms with van der Waals surface area (Å²) in [6.07, 6.45) is 0.504. The maximum atomic E-state index is 13.1. The number of nitrogens with zero attached hydrogens (tertiary/aromatic N) is 1. The minimum absolute atomic E-state index is 0.160. The monoisotopic (exact) mass is 372 g/mol. The molecule has 1 atom stereocenters. The van der Waals surface area contributed by atoms with Gasteiger partial charge in [-0.15, -0.1) is 0 Å². The van der Waals surface area contributed by atoms with Crippen LogP contribution in [0.1, 0.15) is 40.0 Å². The lowest BCUT2D eigenvalue weighted by atomic mass is 10.0. The van der Waals surface area contributed by atoms with E-state index in [0.717, 1.165) is 4.90 Å². The molecule has 0 aliphatic carbocycles. The molecule has 1 amide bonds. The summed E-state index contributed by atoms with van der Waals surface area (Å²) in [5, 5.41) is -4.73. The number of piperidine rings is 1. The van der Waals surface area contributed by atoms with Crippen molar-refractivity contribution in [2.75, 3.05) is 13.2 Å². The second-order valence-electron chi connectivity index (χ2n) is 6.38. The molecule has 0 aromatic rings. The van der Waals surface area contributed by atoms with E-state index in [2.05, 4.69) is 4.74 Å². The second kappa shape index (κ2) is 7.18. The molecule has 1 rings (SSSR count). The highest BCUT2D eigenvalue weighted by Gasteiger charge is 2.42. The third kappa shape index (κ3) is 5.55. The summed E-state index contributed by atoms with van der Waals surface area (Å²) in [7, 11) is -5.95. The molecule has 1 heterocycles. The van der Waals surface area contributed by atoms with E-state index in [0.29, 0.717) is 12.8 Å². The first-order chi connectivity index (χ1) is 10.7. The van der Waals surface area contributed by atoms with E-state index in [4.69, 9.17) is 4.74 Å². The summed E-state index contributed by atoms with van der Waals surface area (Å²) in [5.74, 6) is -1.20. The number of hydrogen-bond acceptors (Lipinski definition) is 7. The number of halogens is 2. The van der Waals surface area contributed by atoms with Gasteiger partial charge in [-0.2, -0.15) is 8.78 Å². The Morgan fingerprint density at radius 3 is 2.33 bits per heavy atom. The van der Waals surface area contributed by atoms with Crippen LogP contribution in [0.15, 0.2) is 0 Å². The Hall–Kier alpha value is -1.49. The molecule has 1 fully saturated rings. The van der Waals surface area contributed by atoms with E-state index >= 15 is 0 Å². The van der Waals surface area contributed by atoms with Gasteiger partial charge in [-0.1, -0.05) is 0 Å². The maximum Gasteiger partial charge on any atom is 0.411 e. The molecular weight excluding hydrogens is 352 g/mol. The Morgan fingerprint density at radius 1 is 1.25 bits per heavy atom.